The number of aromatic nitrogens is 2. The van der Waals surface area contributed by atoms with Crippen LogP contribution in [0.2, 0.25) is 0 Å². The van der Waals surface area contributed by atoms with Gasteiger partial charge in [0.2, 0.25) is 11.8 Å². The Labute approximate surface area is 174 Å². The quantitative estimate of drug-likeness (QED) is 0.632. The summed E-state index contributed by atoms with van der Waals surface area (Å²) in [5.74, 6) is 0.610. The number of piperazine rings is 1. The molecule has 6 nitrogen and oxygen atoms in total. The first-order chi connectivity index (χ1) is 14.2. The van der Waals surface area contributed by atoms with Crippen molar-refractivity contribution >= 4 is 17.7 Å². The monoisotopic (exact) mass is 409 g/mol. The summed E-state index contributed by atoms with van der Waals surface area (Å²) in [6.07, 6.45) is 0. The number of quaternary nitrogens is 1. The largest absolute Gasteiger partial charge is 0.411 e. The number of benzene rings is 2. The standard InChI is InChI=1S/C22H24N4O2S/c1-17(29-22-24-23-20(28-22)19-10-6-3-7-11-19)21(27)26-14-12-25(13-15-26)16-18-8-4-2-5-9-18/h2-11,17H,12-16H2,1H3/p+1/t17-/m1/s1. The van der Waals surface area contributed by atoms with Gasteiger partial charge in [-0.05, 0) is 19.1 Å². The molecule has 2 aromatic carbocycles. The van der Waals surface area contributed by atoms with E-state index in [2.05, 4.69) is 34.5 Å². The van der Waals surface area contributed by atoms with Crippen LogP contribution in [0, 0.1) is 0 Å². The van der Waals surface area contributed by atoms with Crippen LogP contribution in [0.5, 0.6) is 0 Å². The summed E-state index contributed by atoms with van der Waals surface area (Å²) in [5, 5.41) is 8.36. The van der Waals surface area contributed by atoms with Crippen molar-refractivity contribution in [2.45, 2.75) is 23.9 Å². The van der Waals surface area contributed by atoms with E-state index in [1.165, 1.54) is 22.2 Å². The molecule has 1 aliphatic rings. The molecule has 2 heterocycles. The van der Waals surface area contributed by atoms with Crippen molar-refractivity contribution in [1.82, 2.24) is 15.1 Å². The maximum atomic E-state index is 12.9. The van der Waals surface area contributed by atoms with Crippen LogP contribution in [-0.4, -0.2) is 52.4 Å². The first-order valence-electron chi connectivity index (χ1n) is 9.91. The Morgan fingerprint density at radius 2 is 1.72 bits per heavy atom. The Morgan fingerprint density at radius 3 is 2.41 bits per heavy atom. The van der Waals surface area contributed by atoms with E-state index < -0.39 is 0 Å². The van der Waals surface area contributed by atoms with Crippen LogP contribution < -0.4 is 4.90 Å². The van der Waals surface area contributed by atoms with Crippen molar-refractivity contribution in [3.8, 4) is 11.5 Å². The van der Waals surface area contributed by atoms with Gasteiger partial charge in [0, 0.05) is 11.1 Å². The highest BCUT2D eigenvalue weighted by molar-refractivity contribution is 8.00. The van der Waals surface area contributed by atoms with E-state index in [1.54, 1.807) is 0 Å². The van der Waals surface area contributed by atoms with Gasteiger partial charge in [-0.25, -0.2) is 0 Å². The normalized spacial score (nSPS) is 16.0. The Bertz CT molecular complexity index is 924. The number of hydrogen-bond acceptors (Lipinski definition) is 5. The van der Waals surface area contributed by atoms with Gasteiger partial charge in [0.05, 0.1) is 31.4 Å². The molecule has 1 aromatic heterocycles. The minimum atomic E-state index is -0.255. The van der Waals surface area contributed by atoms with Crippen LogP contribution in [-0.2, 0) is 11.3 Å². The summed E-state index contributed by atoms with van der Waals surface area (Å²) in [6.45, 7) is 6.42. The average molecular weight is 410 g/mol. The number of thioether (sulfide) groups is 1. The molecular formula is C22H25N4O2S+. The second-order valence-electron chi connectivity index (χ2n) is 7.24. The van der Waals surface area contributed by atoms with Crippen molar-refractivity contribution in [3.63, 3.8) is 0 Å². The molecule has 0 aliphatic carbocycles. The van der Waals surface area contributed by atoms with Gasteiger partial charge in [0.15, 0.2) is 0 Å². The van der Waals surface area contributed by atoms with Crippen LogP contribution in [0.15, 0.2) is 70.3 Å². The molecule has 150 valence electrons. The van der Waals surface area contributed by atoms with Gasteiger partial charge in [-0.2, -0.15) is 0 Å². The lowest BCUT2D eigenvalue weighted by Crippen LogP contribution is -3.13. The van der Waals surface area contributed by atoms with E-state index >= 15 is 0 Å². The SMILES string of the molecule is C[C@@H](Sc1nnc(-c2ccccc2)o1)C(=O)N1CC[NH+](Cc2ccccc2)CC1. The maximum absolute atomic E-state index is 12.9. The number of carbonyl (C=O) groups is 1. The summed E-state index contributed by atoms with van der Waals surface area (Å²) in [5.41, 5.74) is 2.22. The van der Waals surface area contributed by atoms with Crippen LogP contribution in [0.4, 0.5) is 0 Å². The zero-order chi connectivity index (χ0) is 20.1. The van der Waals surface area contributed by atoms with Crippen LogP contribution in [0.25, 0.3) is 11.5 Å². The lowest BCUT2D eigenvalue weighted by atomic mass is 10.2. The van der Waals surface area contributed by atoms with Gasteiger partial charge in [0.1, 0.15) is 6.54 Å². The molecule has 4 rings (SSSR count). The Kier molecular flexibility index (Phi) is 6.27. The number of hydrogen-bond donors (Lipinski definition) is 1. The summed E-state index contributed by atoms with van der Waals surface area (Å²) < 4.78 is 5.73. The molecule has 1 saturated heterocycles. The van der Waals surface area contributed by atoms with E-state index in [9.17, 15) is 4.79 Å². The summed E-state index contributed by atoms with van der Waals surface area (Å²) >= 11 is 1.33. The first-order valence-corrected chi connectivity index (χ1v) is 10.8. The highest BCUT2D eigenvalue weighted by Crippen LogP contribution is 2.26. The van der Waals surface area contributed by atoms with Crippen molar-refractivity contribution in [3.05, 3.63) is 66.2 Å². The number of nitrogens with one attached hydrogen (secondary N) is 1. The van der Waals surface area contributed by atoms with Gasteiger partial charge >= 0.3 is 0 Å². The van der Waals surface area contributed by atoms with E-state index in [4.69, 9.17) is 4.42 Å². The van der Waals surface area contributed by atoms with Crippen molar-refractivity contribution in [2.24, 2.45) is 0 Å². The van der Waals surface area contributed by atoms with Crippen LogP contribution >= 0.6 is 11.8 Å². The second-order valence-corrected chi connectivity index (χ2v) is 8.53. The minimum Gasteiger partial charge on any atom is -0.411 e. The highest BCUT2D eigenvalue weighted by atomic mass is 32.2. The lowest BCUT2D eigenvalue weighted by Gasteiger charge is -2.33. The number of nitrogens with zero attached hydrogens (tertiary/aromatic N) is 3. The fourth-order valence-corrected chi connectivity index (χ4v) is 4.29. The van der Waals surface area contributed by atoms with E-state index in [0.29, 0.717) is 11.1 Å². The van der Waals surface area contributed by atoms with Crippen molar-refractivity contribution in [2.75, 3.05) is 26.2 Å². The topological polar surface area (TPSA) is 63.7 Å². The highest BCUT2D eigenvalue weighted by Gasteiger charge is 2.28. The zero-order valence-electron chi connectivity index (χ0n) is 16.5. The number of carbonyl (C=O) groups excluding carboxylic acids is 1. The van der Waals surface area contributed by atoms with Crippen LogP contribution in [0.3, 0.4) is 0 Å². The van der Waals surface area contributed by atoms with Gasteiger partial charge in [-0.3, -0.25) is 4.79 Å². The van der Waals surface area contributed by atoms with Gasteiger partial charge < -0.3 is 14.2 Å². The average Bonchev–Trinajstić information content (AvgIpc) is 3.23. The molecule has 3 aromatic rings. The molecular weight excluding hydrogens is 384 g/mol. The number of rotatable bonds is 6. The molecule has 1 fully saturated rings. The zero-order valence-corrected chi connectivity index (χ0v) is 17.3. The predicted octanol–water partition coefficient (Wildman–Crippen LogP) is 2.14. The molecule has 1 aliphatic heterocycles. The molecule has 0 unspecified atom stereocenters. The van der Waals surface area contributed by atoms with Crippen molar-refractivity contribution in [1.29, 1.82) is 0 Å². The molecule has 0 saturated carbocycles. The molecule has 1 N–H and O–H groups in total. The fraction of sp³-hybridized carbons (Fsp3) is 0.318. The summed E-state index contributed by atoms with van der Waals surface area (Å²) in [6, 6.07) is 20.2. The molecule has 1 amide bonds. The van der Waals surface area contributed by atoms with Crippen molar-refractivity contribution < 1.29 is 14.1 Å². The third-order valence-corrected chi connectivity index (χ3v) is 6.05. The van der Waals surface area contributed by atoms with Gasteiger partial charge in [-0.15, -0.1) is 10.2 Å². The Hall–Kier alpha value is -2.64. The third kappa shape index (κ3) is 5.05. The smallest absolute Gasteiger partial charge is 0.277 e. The summed E-state index contributed by atoms with van der Waals surface area (Å²) in [7, 11) is 0. The molecule has 29 heavy (non-hydrogen) atoms. The van der Waals surface area contributed by atoms with E-state index in [1.807, 2.05) is 48.2 Å². The Morgan fingerprint density at radius 1 is 1.07 bits per heavy atom. The summed E-state index contributed by atoms with van der Waals surface area (Å²) in [4.78, 5) is 16.3. The second kappa shape index (κ2) is 9.24. The molecule has 0 radical (unpaired) electrons. The predicted molar refractivity (Wildman–Crippen MR) is 112 cm³/mol. The first kappa shape index (κ1) is 19.7. The Balaban J connectivity index is 1.28. The fourth-order valence-electron chi connectivity index (χ4n) is 3.52. The molecule has 7 heteroatoms. The minimum absolute atomic E-state index is 0.133. The molecule has 0 spiro atoms. The maximum Gasteiger partial charge on any atom is 0.277 e. The van der Waals surface area contributed by atoms with E-state index in [-0.39, 0.29) is 11.2 Å². The molecule has 0 bridgehead atoms. The third-order valence-electron chi connectivity index (χ3n) is 5.13. The van der Waals surface area contributed by atoms with Gasteiger partial charge in [0.25, 0.3) is 5.22 Å². The van der Waals surface area contributed by atoms with Gasteiger partial charge in [-0.1, -0.05) is 60.3 Å². The lowest BCUT2D eigenvalue weighted by molar-refractivity contribution is -0.917. The van der Waals surface area contributed by atoms with E-state index in [0.717, 1.165) is 38.3 Å². The van der Waals surface area contributed by atoms with Crippen LogP contribution in [0.1, 0.15) is 12.5 Å². The number of amides is 1. The molecule has 1 atom stereocenters.